The van der Waals surface area contributed by atoms with E-state index in [2.05, 4.69) is 34.2 Å². The average Bonchev–Trinajstić information content (AvgIpc) is 3.93. The van der Waals surface area contributed by atoms with Crippen LogP contribution in [0.4, 0.5) is 0 Å². The molecule has 0 atom stereocenters. The van der Waals surface area contributed by atoms with Crippen LogP contribution in [0.5, 0.6) is 11.5 Å². The zero-order valence-corrected chi connectivity index (χ0v) is 24.0. The average molecular weight is 587 g/mol. The maximum absolute atomic E-state index is 6.23. The third-order valence-corrected chi connectivity index (χ3v) is 7.53. The smallest absolute Gasteiger partial charge is 0.174 e. The number of aromatic amines is 2. The number of imidazole rings is 2. The highest BCUT2D eigenvalue weighted by atomic mass is 16.5. The van der Waals surface area contributed by atoms with Gasteiger partial charge in [0, 0.05) is 22.3 Å². The summed E-state index contributed by atoms with van der Waals surface area (Å²) in [5.41, 5.74) is 7.54. The van der Waals surface area contributed by atoms with Gasteiger partial charge >= 0.3 is 0 Å². The number of furan rings is 2. The molecule has 0 unspecified atom stereocenters. The van der Waals surface area contributed by atoms with E-state index in [1.54, 1.807) is 12.5 Å². The molecule has 0 amide bonds. The van der Waals surface area contributed by atoms with Gasteiger partial charge in [0.1, 0.15) is 11.5 Å². The maximum atomic E-state index is 6.23. The molecule has 2 N–H and O–H groups in total. The van der Waals surface area contributed by atoms with Crippen molar-refractivity contribution in [1.82, 2.24) is 19.9 Å². The first-order chi connectivity index (χ1) is 22.3. The Labute approximate surface area is 258 Å². The van der Waals surface area contributed by atoms with Crippen LogP contribution in [0.25, 0.3) is 68.2 Å². The van der Waals surface area contributed by atoms with E-state index in [1.807, 2.05) is 109 Å². The Morgan fingerprint density at radius 2 is 0.844 bits per heavy atom. The largest absolute Gasteiger partial charge is 0.461 e. The molecule has 8 aromatic rings. The van der Waals surface area contributed by atoms with E-state index in [0.717, 1.165) is 56.5 Å². The van der Waals surface area contributed by atoms with E-state index in [-0.39, 0.29) is 0 Å². The molecule has 8 rings (SSSR count). The number of hydrogen-bond donors (Lipinski definition) is 2. The van der Waals surface area contributed by atoms with Crippen molar-refractivity contribution in [2.75, 3.05) is 0 Å². The fraction of sp³-hybridized carbons (Fsp3) is 0. The standard InChI is InChI=1S/C38H26N4O3/c1-3-9-25(10-4-1)33-35(41-37(39-33)31-13-7-23-43-31)27-15-19-29(20-16-27)45-30-21-17-28(18-22-30)36-34(26-11-5-2-6-12-26)40-38(42-36)32-14-8-24-44-32/h1-24H,(H,39,41)(H,40,42). The molecule has 0 fully saturated rings. The second kappa shape index (κ2) is 11.4. The lowest BCUT2D eigenvalue weighted by molar-refractivity contribution is 0.483. The summed E-state index contributed by atoms with van der Waals surface area (Å²) in [6.07, 6.45) is 3.29. The number of nitrogens with zero attached hydrogens (tertiary/aromatic N) is 2. The fourth-order valence-corrected chi connectivity index (χ4v) is 5.35. The van der Waals surface area contributed by atoms with Crippen LogP contribution in [-0.4, -0.2) is 19.9 Å². The van der Waals surface area contributed by atoms with Gasteiger partial charge in [0.05, 0.1) is 35.3 Å². The number of ether oxygens (including phenoxy) is 1. The molecule has 4 heterocycles. The molecule has 4 aromatic heterocycles. The van der Waals surface area contributed by atoms with E-state index in [9.17, 15) is 0 Å². The monoisotopic (exact) mass is 586 g/mol. The van der Waals surface area contributed by atoms with Gasteiger partial charge in [-0.3, -0.25) is 0 Å². The Balaban J connectivity index is 1.06. The summed E-state index contributed by atoms with van der Waals surface area (Å²) in [6.45, 7) is 0. The Hall–Kier alpha value is -6.34. The fourth-order valence-electron chi connectivity index (χ4n) is 5.35. The minimum atomic E-state index is 0.679. The molecule has 216 valence electrons. The minimum Gasteiger partial charge on any atom is -0.461 e. The zero-order chi connectivity index (χ0) is 30.0. The van der Waals surface area contributed by atoms with Crippen LogP contribution < -0.4 is 4.74 Å². The summed E-state index contributed by atoms with van der Waals surface area (Å²) in [5.74, 6) is 4.18. The first kappa shape index (κ1) is 26.3. The van der Waals surface area contributed by atoms with Crippen molar-refractivity contribution in [3.8, 4) is 79.7 Å². The van der Waals surface area contributed by atoms with E-state index >= 15 is 0 Å². The van der Waals surface area contributed by atoms with Crippen molar-refractivity contribution < 1.29 is 13.6 Å². The van der Waals surface area contributed by atoms with Crippen LogP contribution in [-0.2, 0) is 0 Å². The highest BCUT2D eigenvalue weighted by Gasteiger charge is 2.18. The van der Waals surface area contributed by atoms with Crippen LogP contribution in [0.15, 0.2) is 155 Å². The van der Waals surface area contributed by atoms with Crippen molar-refractivity contribution >= 4 is 0 Å². The van der Waals surface area contributed by atoms with Gasteiger partial charge in [0.15, 0.2) is 23.2 Å². The summed E-state index contributed by atoms with van der Waals surface area (Å²) in [6, 6.07) is 43.7. The first-order valence-corrected chi connectivity index (χ1v) is 14.6. The van der Waals surface area contributed by atoms with Crippen LogP contribution in [0, 0.1) is 0 Å². The zero-order valence-electron chi connectivity index (χ0n) is 24.0. The third-order valence-electron chi connectivity index (χ3n) is 7.53. The molecule has 4 aromatic carbocycles. The number of H-pyrrole nitrogens is 2. The molecule has 45 heavy (non-hydrogen) atoms. The van der Waals surface area contributed by atoms with E-state index < -0.39 is 0 Å². The number of aromatic nitrogens is 4. The topological polar surface area (TPSA) is 92.9 Å². The van der Waals surface area contributed by atoms with E-state index in [4.69, 9.17) is 23.5 Å². The highest BCUT2D eigenvalue weighted by molar-refractivity contribution is 5.82. The second-order valence-electron chi connectivity index (χ2n) is 10.5. The van der Waals surface area contributed by atoms with Gasteiger partial charge in [-0.2, -0.15) is 0 Å². The Kier molecular flexibility index (Phi) is 6.66. The van der Waals surface area contributed by atoms with Crippen molar-refractivity contribution in [3.05, 3.63) is 146 Å². The molecule has 0 spiro atoms. The second-order valence-corrected chi connectivity index (χ2v) is 10.5. The SMILES string of the molecule is c1ccc(-c2nc(-c3ccco3)[nH]c2-c2ccc(Oc3ccc(-c4nc(-c5ccco5)[nH]c4-c4ccccc4)cc3)cc2)cc1. The Bertz CT molecular complexity index is 1990. The summed E-state index contributed by atoms with van der Waals surface area (Å²) >= 11 is 0. The van der Waals surface area contributed by atoms with Crippen molar-refractivity contribution in [3.63, 3.8) is 0 Å². The highest BCUT2D eigenvalue weighted by Crippen LogP contribution is 2.36. The Morgan fingerprint density at radius 3 is 1.31 bits per heavy atom. The number of nitrogens with one attached hydrogen (secondary N) is 2. The molecule has 0 aliphatic rings. The quantitative estimate of drug-likeness (QED) is 0.185. The minimum absolute atomic E-state index is 0.679. The van der Waals surface area contributed by atoms with Crippen LogP contribution in [0.2, 0.25) is 0 Å². The maximum Gasteiger partial charge on any atom is 0.174 e. The molecule has 0 saturated carbocycles. The number of benzene rings is 4. The van der Waals surface area contributed by atoms with Gasteiger partial charge in [-0.25, -0.2) is 9.97 Å². The molecular formula is C38H26N4O3. The molecule has 0 aliphatic carbocycles. The molecule has 0 bridgehead atoms. The summed E-state index contributed by atoms with van der Waals surface area (Å²) in [7, 11) is 0. The predicted octanol–water partition coefficient (Wildman–Crippen LogP) is 10.1. The number of rotatable bonds is 8. The predicted molar refractivity (Wildman–Crippen MR) is 174 cm³/mol. The van der Waals surface area contributed by atoms with Gasteiger partial charge in [-0.05, 0) is 72.8 Å². The molecule has 7 nitrogen and oxygen atoms in total. The van der Waals surface area contributed by atoms with E-state index in [0.29, 0.717) is 23.2 Å². The van der Waals surface area contributed by atoms with Crippen LogP contribution in [0.3, 0.4) is 0 Å². The summed E-state index contributed by atoms with van der Waals surface area (Å²) in [5, 5.41) is 0. The van der Waals surface area contributed by atoms with Crippen LogP contribution in [0.1, 0.15) is 0 Å². The van der Waals surface area contributed by atoms with Gasteiger partial charge in [0.2, 0.25) is 0 Å². The summed E-state index contributed by atoms with van der Waals surface area (Å²) < 4.78 is 17.4. The lowest BCUT2D eigenvalue weighted by atomic mass is 10.0. The molecule has 0 saturated heterocycles. The van der Waals surface area contributed by atoms with Gasteiger partial charge in [0.25, 0.3) is 0 Å². The van der Waals surface area contributed by atoms with Crippen LogP contribution >= 0.6 is 0 Å². The van der Waals surface area contributed by atoms with Gasteiger partial charge in [-0.15, -0.1) is 0 Å². The normalized spacial score (nSPS) is 11.1. The lowest BCUT2D eigenvalue weighted by Crippen LogP contribution is -1.88. The first-order valence-electron chi connectivity index (χ1n) is 14.6. The van der Waals surface area contributed by atoms with Gasteiger partial charge in [-0.1, -0.05) is 60.7 Å². The molecule has 0 radical (unpaired) electrons. The van der Waals surface area contributed by atoms with E-state index in [1.165, 1.54) is 0 Å². The van der Waals surface area contributed by atoms with Crippen molar-refractivity contribution in [2.24, 2.45) is 0 Å². The third kappa shape index (κ3) is 5.23. The van der Waals surface area contributed by atoms with Crippen molar-refractivity contribution in [2.45, 2.75) is 0 Å². The Morgan fingerprint density at radius 1 is 0.422 bits per heavy atom. The van der Waals surface area contributed by atoms with Crippen molar-refractivity contribution in [1.29, 1.82) is 0 Å². The number of hydrogen-bond acceptors (Lipinski definition) is 5. The summed E-state index contributed by atoms with van der Waals surface area (Å²) in [4.78, 5) is 16.7. The lowest BCUT2D eigenvalue weighted by Gasteiger charge is -2.09. The molecule has 0 aliphatic heterocycles. The molecular weight excluding hydrogens is 560 g/mol. The molecule has 7 heteroatoms. The van der Waals surface area contributed by atoms with Gasteiger partial charge < -0.3 is 23.5 Å².